The number of anilines is 1. The topological polar surface area (TPSA) is 30.5 Å². The third-order valence-electron chi connectivity index (χ3n) is 1.57. The van der Waals surface area contributed by atoms with Crippen molar-refractivity contribution in [2.45, 2.75) is 0 Å². The molecular formula is C8H6NO2S. The van der Waals surface area contributed by atoms with Gasteiger partial charge in [-0.1, -0.05) is 12.2 Å². The van der Waals surface area contributed by atoms with Gasteiger partial charge in [-0.3, -0.25) is 0 Å². The van der Waals surface area contributed by atoms with Crippen LogP contribution >= 0.6 is 12.2 Å². The van der Waals surface area contributed by atoms with E-state index in [9.17, 15) is 0 Å². The Morgan fingerprint density at radius 2 is 2.17 bits per heavy atom. The average molecular weight is 180 g/mol. The summed E-state index contributed by atoms with van der Waals surface area (Å²) in [6.07, 6.45) is 0. The summed E-state index contributed by atoms with van der Waals surface area (Å²) >= 11 is 4.53. The maximum Gasteiger partial charge on any atom is 0.231 e. The molecule has 0 atom stereocenters. The van der Waals surface area contributed by atoms with Crippen LogP contribution in [0.2, 0.25) is 0 Å². The number of thiocarbonyl (C=S) groups is 1. The number of rotatable bonds is 2. The minimum absolute atomic E-state index is 0.292. The molecule has 61 valence electrons. The molecule has 0 spiro atoms. The van der Waals surface area contributed by atoms with E-state index in [-0.39, 0.29) is 0 Å². The third-order valence-corrected chi connectivity index (χ3v) is 1.67. The Balaban J connectivity index is 2.32. The van der Waals surface area contributed by atoms with Gasteiger partial charge in [0.25, 0.3) is 0 Å². The van der Waals surface area contributed by atoms with Gasteiger partial charge in [0.15, 0.2) is 11.5 Å². The maximum atomic E-state index is 5.16. The second kappa shape index (κ2) is 2.98. The second-order valence-corrected chi connectivity index (χ2v) is 2.50. The van der Waals surface area contributed by atoms with Gasteiger partial charge in [-0.05, 0) is 12.1 Å². The summed E-state index contributed by atoms with van der Waals surface area (Å²) in [5.74, 6) is 1.51. The summed E-state index contributed by atoms with van der Waals surface area (Å²) in [4.78, 5) is 0. The van der Waals surface area contributed by atoms with E-state index in [4.69, 9.17) is 9.47 Å². The van der Waals surface area contributed by atoms with Gasteiger partial charge in [-0.25, -0.2) is 0 Å². The average Bonchev–Trinajstić information content (AvgIpc) is 2.51. The minimum atomic E-state index is 0.292. The Labute approximate surface area is 75.3 Å². The molecule has 0 saturated carbocycles. The number of ether oxygens (including phenoxy) is 2. The van der Waals surface area contributed by atoms with Gasteiger partial charge in [0.1, 0.15) is 5.49 Å². The first-order valence-corrected chi connectivity index (χ1v) is 3.84. The minimum Gasteiger partial charge on any atom is -0.454 e. The van der Waals surface area contributed by atoms with Crippen molar-refractivity contribution in [3.05, 3.63) is 18.2 Å². The highest BCUT2D eigenvalue weighted by atomic mass is 32.1. The highest BCUT2D eigenvalue weighted by Crippen LogP contribution is 2.33. The van der Waals surface area contributed by atoms with Crippen molar-refractivity contribution in [3.63, 3.8) is 0 Å². The van der Waals surface area contributed by atoms with E-state index >= 15 is 0 Å². The van der Waals surface area contributed by atoms with Crippen LogP contribution < -0.4 is 14.8 Å². The van der Waals surface area contributed by atoms with Crippen molar-refractivity contribution in [2.24, 2.45) is 0 Å². The number of nitrogens with one attached hydrogen (secondary N) is 1. The van der Waals surface area contributed by atoms with E-state index in [0.29, 0.717) is 6.79 Å². The van der Waals surface area contributed by atoms with Gasteiger partial charge in [0.2, 0.25) is 6.79 Å². The second-order valence-electron chi connectivity index (χ2n) is 2.30. The first-order valence-electron chi connectivity index (χ1n) is 3.43. The standard InChI is InChI=1S/C8H6NO2S/c12-4-9-6-1-2-7-8(3-6)11-5-10-7/h1-3H,5H2,(H,9,12). The Bertz CT molecular complexity index is 314. The van der Waals surface area contributed by atoms with Crippen molar-refractivity contribution >= 4 is 23.4 Å². The fraction of sp³-hybridized carbons (Fsp3) is 0.125. The lowest BCUT2D eigenvalue weighted by Crippen LogP contribution is -1.93. The molecular weight excluding hydrogens is 174 g/mol. The molecule has 1 aromatic rings. The normalized spacial score (nSPS) is 12.7. The summed E-state index contributed by atoms with van der Waals surface area (Å²) in [5.41, 5.74) is 3.27. The number of fused-ring (bicyclic) bond motifs is 1. The van der Waals surface area contributed by atoms with Gasteiger partial charge in [-0.2, -0.15) is 0 Å². The quantitative estimate of drug-likeness (QED) is 0.554. The highest BCUT2D eigenvalue weighted by Gasteiger charge is 2.12. The van der Waals surface area contributed by atoms with E-state index < -0.39 is 0 Å². The molecule has 4 heteroatoms. The number of benzene rings is 1. The monoisotopic (exact) mass is 180 g/mol. The highest BCUT2D eigenvalue weighted by molar-refractivity contribution is 7.79. The van der Waals surface area contributed by atoms with Crippen LogP contribution in [0.15, 0.2) is 18.2 Å². The van der Waals surface area contributed by atoms with Gasteiger partial charge in [0.05, 0.1) is 0 Å². The fourth-order valence-corrected chi connectivity index (χ4v) is 1.15. The van der Waals surface area contributed by atoms with Crippen LogP contribution in [-0.2, 0) is 0 Å². The zero-order valence-electron chi connectivity index (χ0n) is 6.16. The van der Waals surface area contributed by atoms with E-state index in [2.05, 4.69) is 23.0 Å². The molecule has 0 aliphatic carbocycles. The summed E-state index contributed by atoms with van der Waals surface area (Å²) in [6, 6.07) is 5.51. The molecule has 1 aromatic carbocycles. The number of hydrogen-bond acceptors (Lipinski definition) is 3. The summed E-state index contributed by atoms with van der Waals surface area (Å²) in [6.45, 7) is 0.292. The molecule has 0 bridgehead atoms. The predicted octanol–water partition coefficient (Wildman–Crippen LogP) is 1.66. The molecule has 1 heterocycles. The summed E-state index contributed by atoms with van der Waals surface area (Å²) in [5, 5.41) is 2.77. The Kier molecular flexibility index (Phi) is 1.83. The SMILES string of the molecule is S=[C]Nc1ccc2c(c1)OCO2. The largest absolute Gasteiger partial charge is 0.454 e. The Hall–Kier alpha value is -1.29. The van der Waals surface area contributed by atoms with E-state index in [1.807, 2.05) is 18.2 Å². The van der Waals surface area contributed by atoms with Crippen LogP contribution in [0.25, 0.3) is 0 Å². The molecule has 2 rings (SSSR count). The molecule has 0 fully saturated rings. The van der Waals surface area contributed by atoms with E-state index in [1.54, 1.807) is 0 Å². The van der Waals surface area contributed by atoms with Crippen molar-refractivity contribution < 1.29 is 9.47 Å². The smallest absolute Gasteiger partial charge is 0.231 e. The van der Waals surface area contributed by atoms with Crippen LogP contribution in [0, 0.1) is 0 Å². The van der Waals surface area contributed by atoms with Crippen molar-refractivity contribution in [1.29, 1.82) is 0 Å². The molecule has 0 saturated heterocycles. The van der Waals surface area contributed by atoms with Crippen LogP contribution in [-0.4, -0.2) is 12.3 Å². The zero-order valence-corrected chi connectivity index (χ0v) is 6.98. The first kappa shape index (κ1) is 7.36. The fourth-order valence-electron chi connectivity index (χ4n) is 1.03. The Morgan fingerprint density at radius 3 is 3.00 bits per heavy atom. The van der Waals surface area contributed by atoms with Gasteiger partial charge in [0, 0.05) is 11.8 Å². The molecule has 1 N–H and O–H groups in total. The molecule has 1 radical (unpaired) electrons. The lowest BCUT2D eigenvalue weighted by molar-refractivity contribution is 0.174. The van der Waals surface area contributed by atoms with E-state index in [0.717, 1.165) is 17.2 Å². The molecule has 0 aromatic heterocycles. The van der Waals surface area contributed by atoms with Crippen LogP contribution in [0.3, 0.4) is 0 Å². The summed E-state index contributed by atoms with van der Waals surface area (Å²) in [7, 11) is 0. The van der Waals surface area contributed by atoms with Crippen molar-refractivity contribution in [1.82, 2.24) is 0 Å². The molecule has 12 heavy (non-hydrogen) atoms. The molecule has 1 aliphatic heterocycles. The van der Waals surface area contributed by atoms with E-state index in [1.165, 1.54) is 0 Å². The lowest BCUT2D eigenvalue weighted by atomic mass is 10.3. The maximum absolute atomic E-state index is 5.16. The molecule has 0 unspecified atom stereocenters. The third kappa shape index (κ3) is 1.21. The number of hydrogen-bond donors (Lipinski definition) is 1. The van der Waals surface area contributed by atoms with Crippen LogP contribution in [0.4, 0.5) is 5.69 Å². The summed E-state index contributed by atoms with van der Waals surface area (Å²) < 4.78 is 10.3. The lowest BCUT2D eigenvalue weighted by Gasteiger charge is -1.99. The van der Waals surface area contributed by atoms with Gasteiger partial charge < -0.3 is 14.8 Å². The first-order chi connectivity index (χ1) is 5.90. The van der Waals surface area contributed by atoms with Crippen molar-refractivity contribution in [2.75, 3.05) is 12.1 Å². The molecule has 1 aliphatic rings. The molecule has 3 nitrogen and oxygen atoms in total. The molecule has 0 amide bonds. The Morgan fingerprint density at radius 1 is 1.33 bits per heavy atom. The van der Waals surface area contributed by atoms with Crippen LogP contribution in [0.1, 0.15) is 0 Å². The van der Waals surface area contributed by atoms with Crippen LogP contribution in [0.5, 0.6) is 11.5 Å². The zero-order chi connectivity index (χ0) is 8.39. The van der Waals surface area contributed by atoms with Gasteiger partial charge >= 0.3 is 0 Å². The predicted molar refractivity (Wildman–Crippen MR) is 48.8 cm³/mol. The van der Waals surface area contributed by atoms with Crippen molar-refractivity contribution in [3.8, 4) is 11.5 Å². The van der Waals surface area contributed by atoms with Gasteiger partial charge in [-0.15, -0.1) is 0 Å².